The van der Waals surface area contributed by atoms with Crippen LogP contribution in [0.3, 0.4) is 0 Å². The molecule has 1 aliphatic rings. The second-order valence-corrected chi connectivity index (χ2v) is 4.82. The maximum Gasteiger partial charge on any atom is 0.0689 e. The topological polar surface area (TPSA) is 23.8 Å². The quantitative estimate of drug-likeness (QED) is 0.540. The van der Waals surface area contributed by atoms with Gasteiger partial charge in [0, 0.05) is 0 Å². The van der Waals surface area contributed by atoms with Crippen molar-refractivity contribution in [3.63, 3.8) is 0 Å². The van der Waals surface area contributed by atoms with Gasteiger partial charge in [-0.25, -0.2) is 0 Å². The zero-order valence-electron chi connectivity index (χ0n) is 8.59. The van der Waals surface area contributed by atoms with E-state index in [9.17, 15) is 0 Å². The van der Waals surface area contributed by atoms with Crippen LogP contribution in [0.5, 0.6) is 0 Å². The van der Waals surface area contributed by atoms with E-state index in [4.69, 9.17) is 5.26 Å². The van der Waals surface area contributed by atoms with E-state index in [1.165, 1.54) is 6.42 Å². The Morgan fingerprint density at radius 2 is 1.83 bits per heavy atom. The fourth-order valence-electron chi connectivity index (χ4n) is 2.28. The number of hydrogen-bond donors (Lipinski definition) is 0. The minimum atomic E-state index is -0.0636. The molecule has 1 heteroatoms. The Labute approximate surface area is 75.8 Å². The summed E-state index contributed by atoms with van der Waals surface area (Å²) in [4.78, 5) is 0. The van der Waals surface area contributed by atoms with E-state index in [1.54, 1.807) is 0 Å². The van der Waals surface area contributed by atoms with Crippen molar-refractivity contribution in [1.29, 1.82) is 5.26 Å². The van der Waals surface area contributed by atoms with Crippen LogP contribution in [0.1, 0.15) is 40.5 Å². The summed E-state index contributed by atoms with van der Waals surface area (Å²) in [5.74, 6) is 2.07. The van der Waals surface area contributed by atoms with E-state index < -0.39 is 0 Å². The van der Waals surface area contributed by atoms with Gasteiger partial charge >= 0.3 is 0 Å². The summed E-state index contributed by atoms with van der Waals surface area (Å²) in [6.07, 6.45) is 2.29. The van der Waals surface area contributed by atoms with E-state index in [-0.39, 0.29) is 5.41 Å². The first-order valence-corrected chi connectivity index (χ1v) is 4.91. The van der Waals surface area contributed by atoms with Crippen molar-refractivity contribution in [3.05, 3.63) is 0 Å². The molecular weight excluding hydrogens is 146 g/mol. The first kappa shape index (κ1) is 9.58. The molecule has 0 aromatic carbocycles. The van der Waals surface area contributed by atoms with Crippen molar-refractivity contribution in [2.45, 2.75) is 40.5 Å². The molecule has 1 rings (SSSR count). The van der Waals surface area contributed by atoms with Crippen molar-refractivity contribution < 1.29 is 0 Å². The SMILES string of the molecule is CC1CC(C)C(C)(C#N)CC1C. The number of rotatable bonds is 0. The van der Waals surface area contributed by atoms with E-state index in [0.717, 1.165) is 12.3 Å². The predicted molar refractivity (Wildman–Crippen MR) is 50.4 cm³/mol. The zero-order valence-corrected chi connectivity index (χ0v) is 8.59. The Morgan fingerprint density at radius 3 is 2.33 bits per heavy atom. The maximum absolute atomic E-state index is 9.07. The Balaban J connectivity index is 2.76. The summed E-state index contributed by atoms with van der Waals surface area (Å²) in [5, 5.41) is 9.07. The largest absolute Gasteiger partial charge is 0.198 e. The summed E-state index contributed by atoms with van der Waals surface area (Å²) in [6, 6.07) is 2.48. The van der Waals surface area contributed by atoms with Crippen LogP contribution < -0.4 is 0 Å². The van der Waals surface area contributed by atoms with Gasteiger partial charge in [-0.1, -0.05) is 20.8 Å². The minimum absolute atomic E-state index is 0.0636. The van der Waals surface area contributed by atoms with Crippen molar-refractivity contribution in [1.82, 2.24) is 0 Å². The van der Waals surface area contributed by atoms with E-state index in [2.05, 4.69) is 33.8 Å². The highest BCUT2D eigenvalue weighted by Gasteiger charge is 2.39. The van der Waals surface area contributed by atoms with Gasteiger partial charge in [0.25, 0.3) is 0 Å². The molecule has 0 bridgehead atoms. The molecule has 4 unspecified atom stereocenters. The van der Waals surface area contributed by atoms with Gasteiger partial charge in [0.15, 0.2) is 0 Å². The molecule has 1 fully saturated rings. The predicted octanol–water partition coefficient (Wildman–Crippen LogP) is 3.22. The highest BCUT2D eigenvalue weighted by atomic mass is 14.5. The number of hydrogen-bond acceptors (Lipinski definition) is 1. The summed E-state index contributed by atoms with van der Waals surface area (Å²) in [5.41, 5.74) is -0.0636. The molecule has 1 saturated carbocycles. The van der Waals surface area contributed by atoms with Crippen LogP contribution >= 0.6 is 0 Å². The first-order chi connectivity index (χ1) is 5.49. The minimum Gasteiger partial charge on any atom is -0.198 e. The van der Waals surface area contributed by atoms with Gasteiger partial charge in [0.1, 0.15) is 0 Å². The average molecular weight is 165 g/mol. The Bertz CT molecular complexity index is 204. The van der Waals surface area contributed by atoms with Gasteiger partial charge in [-0.05, 0) is 37.5 Å². The molecular formula is C11H19N. The van der Waals surface area contributed by atoms with Crippen LogP contribution in [-0.2, 0) is 0 Å². The van der Waals surface area contributed by atoms with Crippen LogP contribution in [0, 0.1) is 34.5 Å². The third-order valence-electron chi connectivity index (χ3n) is 3.79. The third-order valence-corrected chi connectivity index (χ3v) is 3.79. The molecule has 0 amide bonds. The smallest absolute Gasteiger partial charge is 0.0689 e. The Kier molecular flexibility index (Phi) is 2.46. The first-order valence-electron chi connectivity index (χ1n) is 4.91. The van der Waals surface area contributed by atoms with Gasteiger partial charge in [-0.3, -0.25) is 0 Å². The highest BCUT2D eigenvalue weighted by Crippen LogP contribution is 2.45. The van der Waals surface area contributed by atoms with Crippen molar-refractivity contribution >= 4 is 0 Å². The highest BCUT2D eigenvalue weighted by molar-refractivity contribution is 5.02. The fraction of sp³-hybridized carbons (Fsp3) is 0.909. The molecule has 0 aromatic heterocycles. The second kappa shape index (κ2) is 3.09. The van der Waals surface area contributed by atoms with Crippen molar-refractivity contribution in [3.8, 4) is 6.07 Å². The molecule has 0 spiro atoms. The Hall–Kier alpha value is -0.510. The Morgan fingerprint density at radius 1 is 1.25 bits per heavy atom. The lowest BCUT2D eigenvalue weighted by Crippen LogP contribution is -2.35. The molecule has 1 nitrogen and oxygen atoms in total. The van der Waals surface area contributed by atoms with Crippen LogP contribution in [0.25, 0.3) is 0 Å². The maximum atomic E-state index is 9.07. The second-order valence-electron chi connectivity index (χ2n) is 4.82. The van der Waals surface area contributed by atoms with Crippen molar-refractivity contribution in [2.24, 2.45) is 23.2 Å². The van der Waals surface area contributed by atoms with Crippen LogP contribution in [0.2, 0.25) is 0 Å². The normalized spacial score (nSPS) is 48.4. The number of nitriles is 1. The molecule has 0 aromatic rings. The van der Waals surface area contributed by atoms with Gasteiger partial charge in [0.2, 0.25) is 0 Å². The van der Waals surface area contributed by atoms with Crippen molar-refractivity contribution in [2.75, 3.05) is 0 Å². The third kappa shape index (κ3) is 1.48. The lowest BCUT2D eigenvalue weighted by Gasteiger charge is -2.40. The lowest BCUT2D eigenvalue weighted by molar-refractivity contribution is 0.104. The van der Waals surface area contributed by atoms with E-state index in [0.29, 0.717) is 11.8 Å². The molecule has 68 valence electrons. The van der Waals surface area contributed by atoms with Gasteiger partial charge in [-0.2, -0.15) is 5.26 Å². The zero-order chi connectivity index (χ0) is 9.35. The molecule has 0 N–H and O–H groups in total. The molecule has 1 aliphatic carbocycles. The molecule has 12 heavy (non-hydrogen) atoms. The molecule has 0 radical (unpaired) electrons. The van der Waals surface area contributed by atoms with E-state index in [1.807, 2.05) is 0 Å². The summed E-state index contributed by atoms with van der Waals surface area (Å²) >= 11 is 0. The lowest BCUT2D eigenvalue weighted by atomic mass is 9.62. The number of nitrogens with zero attached hydrogens (tertiary/aromatic N) is 1. The fourth-order valence-corrected chi connectivity index (χ4v) is 2.28. The van der Waals surface area contributed by atoms with Gasteiger partial charge in [0.05, 0.1) is 11.5 Å². The monoisotopic (exact) mass is 165 g/mol. The summed E-state index contributed by atoms with van der Waals surface area (Å²) < 4.78 is 0. The van der Waals surface area contributed by atoms with Gasteiger partial charge < -0.3 is 0 Å². The van der Waals surface area contributed by atoms with Gasteiger partial charge in [-0.15, -0.1) is 0 Å². The summed E-state index contributed by atoms with van der Waals surface area (Å²) in [7, 11) is 0. The molecule has 0 heterocycles. The standard InChI is InChI=1S/C11H19N/c1-8-5-10(3)11(4,7-12)6-9(8)2/h8-10H,5-6H2,1-4H3. The molecule has 4 atom stereocenters. The van der Waals surface area contributed by atoms with Crippen LogP contribution in [0.15, 0.2) is 0 Å². The summed E-state index contributed by atoms with van der Waals surface area (Å²) in [6.45, 7) is 8.90. The van der Waals surface area contributed by atoms with Crippen LogP contribution in [0.4, 0.5) is 0 Å². The average Bonchev–Trinajstić information content (AvgIpc) is 2.01. The van der Waals surface area contributed by atoms with E-state index >= 15 is 0 Å². The van der Waals surface area contributed by atoms with Crippen LogP contribution in [-0.4, -0.2) is 0 Å². The molecule has 0 aliphatic heterocycles. The molecule has 0 saturated heterocycles.